The molecular weight excluding hydrogens is 244 g/mol. The third-order valence-corrected chi connectivity index (χ3v) is 3.38. The van der Waals surface area contributed by atoms with E-state index in [1.807, 2.05) is 25.7 Å². The summed E-state index contributed by atoms with van der Waals surface area (Å²) in [4.78, 5) is 25.5. The first-order valence-corrected chi connectivity index (χ1v) is 6.92. The highest BCUT2D eigenvalue weighted by atomic mass is 16.5. The number of nitrogens with one attached hydrogen (secondary N) is 1. The van der Waals surface area contributed by atoms with Gasteiger partial charge in [0.15, 0.2) is 0 Å². The van der Waals surface area contributed by atoms with Crippen molar-refractivity contribution < 1.29 is 14.3 Å². The van der Waals surface area contributed by atoms with E-state index < -0.39 is 0 Å². The number of methoxy groups -OCH3 is 1. The Morgan fingerprint density at radius 2 is 1.84 bits per heavy atom. The van der Waals surface area contributed by atoms with Crippen LogP contribution in [0.1, 0.15) is 40.0 Å². The maximum absolute atomic E-state index is 11.9. The molecule has 0 aromatic carbocycles. The van der Waals surface area contributed by atoms with Gasteiger partial charge >= 0.3 is 0 Å². The highest BCUT2D eigenvalue weighted by Crippen LogP contribution is 2.16. The number of hydrogen-bond donors (Lipinski definition) is 1. The minimum absolute atomic E-state index is 0.0802. The van der Waals surface area contributed by atoms with Gasteiger partial charge in [0.25, 0.3) is 0 Å². The average Bonchev–Trinajstić information content (AvgIpc) is 2.35. The summed E-state index contributed by atoms with van der Waals surface area (Å²) in [5.74, 6) is 0.221. The highest BCUT2D eigenvalue weighted by molar-refractivity contribution is 5.81. The summed E-state index contributed by atoms with van der Waals surface area (Å²) in [5.41, 5.74) is -0.356. The molecule has 0 aromatic rings. The van der Waals surface area contributed by atoms with Crippen molar-refractivity contribution in [2.24, 2.45) is 5.41 Å². The fourth-order valence-corrected chi connectivity index (χ4v) is 2.02. The quantitative estimate of drug-likeness (QED) is 0.834. The lowest BCUT2D eigenvalue weighted by Crippen LogP contribution is -2.49. The Kier molecular flexibility index (Phi) is 5.79. The van der Waals surface area contributed by atoms with Gasteiger partial charge in [-0.2, -0.15) is 0 Å². The van der Waals surface area contributed by atoms with Crippen molar-refractivity contribution in [3.05, 3.63) is 0 Å². The van der Waals surface area contributed by atoms with Crippen LogP contribution in [0.15, 0.2) is 0 Å². The van der Waals surface area contributed by atoms with Gasteiger partial charge in [-0.3, -0.25) is 9.59 Å². The number of carbonyl (C=O) groups is 2. The van der Waals surface area contributed by atoms with E-state index in [0.29, 0.717) is 13.0 Å². The molecule has 5 heteroatoms. The van der Waals surface area contributed by atoms with Crippen LogP contribution in [0.4, 0.5) is 0 Å². The van der Waals surface area contributed by atoms with Crippen LogP contribution < -0.4 is 5.32 Å². The average molecular weight is 270 g/mol. The number of hydrogen-bond acceptors (Lipinski definition) is 3. The zero-order chi connectivity index (χ0) is 14.5. The lowest BCUT2D eigenvalue weighted by Gasteiger charge is -2.33. The van der Waals surface area contributed by atoms with E-state index in [1.165, 1.54) is 0 Å². The zero-order valence-electron chi connectivity index (χ0n) is 12.5. The smallest absolute Gasteiger partial charge is 0.225 e. The molecular formula is C14H26N2O3. The van der Waals surface area contributed by atoms with Gasteiger partial charge in [0, 0.05) is 31.7 Å². The second-order valence-corrected chi connectivity index (χ2v) is 6.12. The maximum atomic E-state index is 11.9. The van der Waals surface area contributed by atoms with Crippen LogP contribution in [-0.2, 0) is 14.3 Å². The number of likely N-dealkylation sites (tertiary alicyclic amines) is 1. The van der Waals surface area contributed by atoms with Gasteiger partial charge in [-0.25, -0.2) is 0 Å². The number of ether oxygens (including phenoxy) is 1. The van der Waals surface area contributed by atoms with Crippen LogP contribution in [-0.4, -0.2) is 49.6 Å². The largest absolute Gasteiger partial charge is 0.384 e. The SMILES string of the molecule is COCCC(=O)N1CCC(NC(=O)C(C)(C)C)CC1. The van der Waals surface area contributed by atoms with Crippen molar-refractivity contribution in [1.82, 2.24) is 10.2 Å². The van der Waals surface area contributed by atoms with Gasteiger partial charge in [-0.15, -0.1) is 0 Å². The molecule has 0 bridgehead atoms. The molecule has 19 heavy (non-hydrogen) atoms. The molecule has 5 nitrogen and oxygen atoms in total. The monoisotopic (exact) mass is 270 g/mol. The van der Waals surface area contributed by atoms with Gasteiger partial charge in [0.2, 0.25) is 11.8 Å². The number of carbonyl (C=O) groups excluding carboxylic acids is 2. The Labute approximate surface area is 115 Å². The predicted molar refractivity (Wildman–Crippen MR) is 73.7 cm³/mol. The molecule has 0 aliphatic carbocycles. The van der Waals surface area contributed by atoms with Crippen LogP contribution in [0.5, 0.6) is 0 Å². The van der Waals surface area contributed by atoms with E-state index in [2.05, 4.69) is 5.32 Å². The van der Waals surface area contributed by atoms with Crippen LogP contribution >= 0.6 is 0 Å². The molecule has 0 spiro atoms. The summed E-state index contributed by atoms with van der Waals surface area (Å²) < 4.78 is 4.91. The van der Waals surface area contributed by atoms with Crippen molar-refractivity contribution in [2.45, 2.75) is 46.1 Å². The van der Waals surface area contributed by atoms with Crippen LogP contribution in [0, 0.1) is 5.41 Å². The second-order valence-electron chi connectivity index (χ2n) is 6.12. The molecule has 2 amide bonds. The van der Waals surface area contributed by atoms with Crippen molar-refractivity contribution in [3.63, 3.8) is 0 Å². The minimum atomic E-state index is -0.356. The molecule has 1 N–H and O–H groups in total. The van der Waals surface area contributed by atoms with E-state index in [4.69, 9.17) is 4.74 Å². The van der Waals surface area contributed by atoms with E-state index in [-0.39, 0.29) is 23.3 Å². The first-order chi connectivity index (χ1) is 8.84. The first-order valence-electron chi connectivity index (χ1n) is 6.92. The van der Waals surface area contributed by atoms with Crippen molar-refractivity contribution in [2.75, 3.05) is 26.8 Å². The Morgan fingerprint density at radius 3 is 2.32 bits per heavy atom. The fourth-order valence-electron chi connectivity index (χ4n) is 2.02. The molecule has 0 aromatic heterocycles. The topological polar surface area (TPSA) is 58.6 Å². The molecule has 1 aliphatic heterocycles. The van der Waals surface area contributed by atoms with E-state index >= 15 is 0 Å². The van der Waals surface area contributed by atoms with Crippen LogP contribution in [0.3, 0.4) is 0 Å². The third-order valence-electron chi connectivity index (χ3n) is 3.38. The number of piperidine rings is 1. The summed E-state index contributed by atoms with van der Waals surface area (Å²) in [6.07, 6.45) is 2.11. The van der Waals surface area contributed by atoms with Gasteiger partial charge in [-0.05, 0) is 12.8 Å². The Hall–Kier alpha value is -1.10. The standard InChI is InChI=1S/C14H26N2O3/c1-14(2,3)13(18)15-11-5-8-16(9-6-11)12(17)7-10-19-4/h11H,5-10H2,1-4H3,(H,15,18). The molecule has 1 fully saturated rings. The zero-order valence-corrected chi connectivity index (χ0v) is 12.5. The second kappa shape index (κ2) is 6.89. The maximum Gasteiger partial charge on any atom is 0.225 e. The van der Waals surface area contributed by atoms with Gasteiger partial charge in [-0.1, -0.05) is 20.8 Å². The molecule has 0 radical (unpaired) electrons. The molecule has 0 atom stereocenters. The van der Waals surface area contributed by atoms with Crippen LogP contribution in [0.25, 0.3) is 0 Å². The molecule has 0 saturated carbocycles. The Balaban J connectivity index is 2.33. The van der Waals surface area contributed by atoms with E-state index in [1.54, 1.807) is 7.11 Å². The number of amides is 2. The van der Waals surface area contributed by atoms with Gasteiger partial charge in [0.1, 0.15) is 0 Å². The normalized spacial score (nSPS) is 17.4. The third kappa shape index (κ3) is 5.19. The van der Waals surface area contributed by atoms with Crippen molar-refractivity contribution in [3.8, 4) is 0 Å². The summed E-state index contributed by atoms with van der Waals surface area (Å²) in [7, 11) is 1.60. The lowest BCUT2D eigenvalue weighted by molar-refractivity contribution is -0.133. The molecule has 1 aliphatic rings. The Bertz CT molecular complexity index is 315. The summed E-state index contributed by atoms with van der Waals surface area (Å²) in [5, 5.41) is 3.06. The lowest BCUT2D eigenvalue weighted by atomic mass is 9.94. The van der Waals surface area contributed by atoms with E-state index in [9.17, 15) is 9.59 Å². The summed E-state index contributed by atoms with van der Waals surface area (Å²) in [6.45, 7) is 7.64. The fraction of sp³-hybridized carbons (Fsp3) is 0.857. The molecule has 1 heterocycles. The van der Waals surface area contributed by atoms with E-state index in [0.717, 1.165) is 25.9 Å². The van der Waals surface area contributed by atoms with Crippen LogP contribution in [0.2, 0.25) is 0 Å². The van der Waals surface area contributed by atoms with Crippen molar-refractivity contribution in [1.29, 1.82) is 0 Å². The molecule has 0 unspecified atom stereocenters. The minimum Gasteiger partial charge on any atom is -0.384 e. The summed E-state index contributed by atoms with van der Waals surface area (Å²) in [6, 6.07) is 0.193. The number of rotatable bonds is 4. The predicted octanol–water partition coefficient (Wildman–Crippen LogP) is 1.18. The number of nitrogens with zero attached hydrogens (tertiary/aromatic N) is 1. The molecule has 1 rings (SSSR count). The van der Waals surface area contributed by atoms with Gasteiger partial charge in [0.05, 0.1) is 13.0 Å². The first kappa shape index (κ1) is 16.0. The summed E-state index contributed by atoms with van der Waals surface area (Å²) >= 11 is 0. The highest BCUT2D eigenvalue weighted by Gasteiger charge is 2.27. The molecule has 1 saturated heterocycles. The molecule has 110 valence electrons. The Morgan fingerprint density at radius 1 is 1.26 bits per heavy atom. The van der Waals surface area contributed by atoms with Crippen molar-refractivity contribution >= 4 is 11.8 Å². The van der Waals surface area contributed by atoms with Gasteiger partial charge < -0.3 is 15.0 Å².